The van der Waals surface area contributed by atoms with Crippen LogP contribution in [0.25, 0.3) is 0 Å². The van der Waals surface area contributed by atoms with E-state index in [9.17, 15) is 4.79 Å². The number of methoxy groups -OCH3 is 1. The first-order valence-electron chi connectivity index (χ1n) is 6.46. The van der Waals surface area contributed by atoms with Crippen LogP contribution in [0.1, 0.15) is 29.6 Å². The third kappa shape index (κ3) is 3.47. The zero-order valence-electron chi connectivity index (χ0n) is 11.4. The highest BCUT2D eigenvalue weighted by molar-refractivity contribution is 5.94. The Hall–Kier alpha value is -2.03. The summed E-state index contributed by atoms with van der Waals surface area (Å²) in [5, 5.41) is 0. The SMILES string of the molecule is COc1ccc(C(=O)N(C)/C=C2/CC=CCC2)cc1. The Kier molecular flexibility index (Phi) is 4.39. The van der Waals surface area contributed by atoms with Gasteiger partial charge in [0.15, 0.2) is 0 Å². The summed E-state index contributed by atoms with van der Waals surface area (Å²) in [5.41, 5.74) is 1.97. The molecule has 1 amide bonds. The van der Waals surface area contributed by atoms with Crippen LogP contribution in [-0.4, -0.2) is 25.0 Å². The molecule has 1 aromatic carbocycles. The Bertz CT molecular complexity index is 500. The first kappa shape index (κ1) is 13.4. The summed E-state index contributed by atoms with van der Waals surface area (Å²) in [5.74, 6) is 0.764. The molecule has 0 unspecified atom stereocenters. The smallest absolute Gasteiger partial charge is 0.257 e. The van der Waals surface area contributed by atoms with Gasteiger partial charge < -0.3 is 9.64 Å². The topological polar surface area (TPSA) is 29.5 Å². The molecular formula is C16H19NO2. The van der Waals surface area contributed by atoms with Crippen LogP contribution < -0.4 is 4.74 Å². The van der Waals surface area contributed by atoms with Crippen molar-refractivity contribution in [1.82, 2.24) is 4.90 Å². The largest absolute Gasteiger partial charge is 0.497 e. The fourth-order valence-electron chi connectivity index (χ4n) is 2.11. The van der Waals surface area contributed by atoms with Crippen LogP contribution in [0.4, 0.5) is 0 Å². The van der Waals surface area contributed by atoms with E-state index in [0.29, 0.717) is 5.56 Å². The molecular weight excluding hydrogens is 238 g/mol. The van der Waals surface area contributed by atoms with E-state index in [1.165, 1.54) is 5.57 Å². The zero-order chi connectivity index (χ0) is 13.7. The Morgan fingerprint density at radius 2 is 2.00 bits per heavy atom. The van der Waals surface area contributed by atoms with Crippen molar-refractivity contribution in [3.05, 3.63) is 53.8 Å². The van der Waals surface area contributed by atoms with E-state index >= 15 is 0 Å². The van der Waals surface area contributed by atoms with Gasteiger partial charge in [0.2, 0.25) is 0 Å². The van der Waals surface area contributed by atoms with E-state index in [4.69, 9.17) is 4.74 Å². The van der Waals surface area contributed by atoms with Gasteiger partial charge in [-0.1, -0.05) is 12.2 Å². The number of carbonyl (C=O) groups is 1. The van der Waals surface area contributed by atoms with Crippen molar-refractivity contribution in [2.75, 3.05) is 14.2 Å². The van der Waals surface area contributed by atoms with E-state index in [2.05, 4.69) is 12.2 Å². The van der Waals surface area contributed by atoms with E-state index in [1.807, 2.05) is 6.20 Å². The molecule has 1 aliphatic carbocycles. The van der Waals surface area contributed by atoms with Crippen LogP contribution in [0.2, 0.25) is 0 Å². The van der Waals surface area contributed by atoms with Crippen molar-refractivity contribution in [1.29, 1.82) is 0 Å². The van der Waals surface area contributed by atoms with Crippen LogP contribution >= 0.6 is 0 Å². The van der Waals surface area contributed by atoms with Gasteiger partial charge >= 0.3 is 0 Å². The Morgan fingerprint density at radius 3 is 2.58 bits per heavy atom. The molecule has 0 fully saturated rings. The van der Waals surface area contributed by atoms with Gasteiger partial charge in [0.25, 0.3) is 5.91 Å². The lowest BCUT2D eigenvalue weighted by molar-refractivity contribution is 0.0848. The average Bonchev–Trinajstić information content (AvgIpc) is 2.47. The van der Waals surface area contributed by atoms with E-state index < -0.39 is 0 Å². The number of amides is 1. The van der Waals surface area contributed by atoms with Crippen molar-refractivity contribution in [3.8, 4) is 5.75 Å². The van der Waals surface area contributed by atoms with E-state index in [1.54, 1.807) is 43.3 Å². The third-order valence-corrected chi connectivity index (χ3v) is 3.21. The Balaban J connectivity index is 2.07. The molecule has 0 saturated heterocycles. The summed E-state index contributed by atoms with van der Waals surface area (Å²) in [4.78, 5) is 13.9. The molecule has 1 aliphatic rings. The predicted molar refractivity (Wildman–Crippen MR) is 76.2 cm³/mol. The second kappa shape index (κ2) is 6.23. The minimum atomic E-state index is 0.00436. The summed E-state index contributed by atoms with van der Waals surface area (Å²) in [6, 6.07) is 7.18. The van der Waals surface area contributed by atoms with Crippen LogP contribution in [0, 0.1) is 0 Å². The van der Waals surface area contributed by atoms with E-state index in [-0.39, 0.29) is 5.91 Å². The molecule has 19 heavy (non-hydrogen) atoms. The minimum absolute atomic E-state index is 0.00436. The number of ether oxygens (including phenoxy) is 1. The van der Waals surface area contributed by atoms with Gasteiger partial charge in [0.05, 0.1) is 7.11 Å². The highest BCUT2D eigenvalue weighted by atomic mass is 16.5. The molecule has 0 saturated carbocycles. The normalized spacial score (nSPS) is 16.4. The van der Waals surface area contributed by atoms with Crippen molar-refractivity contribution < 1.29 is 9.53 Å². The fourth-order valence-corrected chi connectivity index (χ4v) is 2.11. The van der Waals surface area contributed by atoms with Crippen LogP contribution in [-0.2, 0) is 0 Å². The quantitative estimate of drug-likeness (QED) is 0.777. The average molecular weight is 257 g/mol. The first-order valence-corrected chi connectivity index (χ1v) is 6.46. The summed E-state index contributed by atoms with van der Waals surface area (Å²) in [6.07, 6.45) is 9.34. The molecule has 2 rings (SSSR count). The number of hydrogen-bond donors (Lipinski definition) is 0. The molecule has 0 spiro atoms. The monoisotopic (exact) mass is 257 g/mol. The lowest BCUT2D eigenvalue weighted by Crippen LogP contribution is -2.21. The molecule has 100 valence electrons. The summed E-state index contributed by atoms with van der Waals surface area (Å²) in [6.45, 7) is 0. The molecule has 0 N–H and O–H groups in total. The molecule has 0 radical (unpaired) electrons. The second-order valence-corrected chi connectivity index (χ2v) is 4.65. The third-order valence-electron chi connectivity index (χ3n) is 3.21. The van der Waals surface area contributed by atoms with Gasteiger partial charge in [-0.05, 0) is 49.1 Å². The number of hydrogen-bond acceptors (Lipinski definition) is 2. The van der Waals surface area contributed by atoms with Gasteiger partial charge in [-0.3, -0.25) is 4.79 Å². The summed E-state index contributed by atoms with van der Waals surface area (Å²) in [7, 11) is 3.42. The molecule has 0 bridgehead atoms. The highest BCUT2D eigenvalue weighted by Crippen LogP contribution is 2.18. The Morgan fingerprint density at radius 1 is 1.26 bits per heavy atom. The van der Waals surface area contributed by atoms with Gasteiger partial charge in [-0.2, -0.15) is 0 Å². The maximum atomic E-state index is 12.2. The molecule has 0 heterocycles. The van der Waals surface area contributed by atoms with Gasteiger partial charge in [-0.15, -0.1) is 0 Å². The first-order chi connectivity index (χ1) is 9.20. The molecule has 0 aliphatic heterocycles. The van der Waals surface area contributed by atoms with E-state index in [0.717, 1.165) is 25.0 Å². The number of rotatable bonds is 3. The van der Waals surface area contributed by atoms with Gasteiger partial charge in [0, 0.05) is 18.8 Å². The van der Waals surface area contributed by atoms with Crippen molar-refractivity contribution >= 4 is 5.91 Å². The van der Waals surface area contributed by atoms with Crippen LogP contribution in [0.3, 0.4) is 0 Å². The summed E-state index contributed by atoms with van der Waals surface area (Å²) < 4.78 is 5.09. The predicted octanol–water partition coefficient (Wildman–Crippen LogP) is 3.39. The van der Waals surface area contributed by atoms with Crippen molar-refractivity contribution in [3.63, 3.8) is 0 Å². The van der Waals surface area contributed by atoms with Crippen LogP contribution in [0.5, 0.6) is 5.75 Å². The second-order valence-electron chi connectivity index (χ2n) is 4.65. The zero-order valence-corrected chi connectivity index (χ0v) is 11.4. The van der Waals surface area contributed by atoms with Crippen molar-refractivity contribution in [2.24, 2.45) is 0 Å². The molecule has 3 nitrogen and oxygen atoms in total. The molecule has 1 aromatic rings. The Labute approximate surface area is 114 Å². The van der Waals surface area contributed by atoms with Gasteiger partial charge in [0.1, 0.15) is 5.75 Å². The summed E-state index contributed by atoms with van der Waals surface area (Å²) >= 11 is 0. The molecule has 0 atom stereocenters. The van der Waals surface area contributed by atoms with Crippen molar-refractivity contribution in [2.45, 2.75) is 19.3 Å². The molecule has 3 heteroatoms. The van der Waals surface area contributed by atoms with Gasteiger partial charge in [-0.25, -0.2) is 0 Å². The maximum absolute atomic E-state index is 12.2. The highest BCUT2D eigenvalue weighted by Gasteiger charge is 2.11. The van der Waals surface area contributed by atoms with Crippen LogP contribution in [0.15, 0.2) is 48.2 Å². The number of benzene rings is 1. The number of allylic oxidation sites excluding steroid dienone is 3. The lowest BCUT2D eigenvalue weighted by Gasteiger charge is -2.16. The maximum Gasteiger partial charge on any atom is 0.257 e. The minimum Gasteiger partial charge on any atom is -0.497 e. The molecule has 0 aromatic heterocycles. The fraction of sp³-hybridized carbons (Fsp3) is 0.312. The standard InChI is InChI=1S/C16H19NO2/c1-17(12-13-6-4-3-5-7-13)16(18)14-8-10-15(19-2)11-9-14/h3-4,8-12H,5-7H2,1-2H3/b13-12-. The number of carbonyl (C=O) groups excluding carboxylic acids is 1. The lowest BCUT2D eigenvalue weighted by atomic mass is 10.0. The number of nitrogens with zero attached hydrogens (tertiary/aromatic N) is 1.